The van der Waals surface area contributed by atoms with Crippen molar-refractivity contribution in [1.82, 2.24) is 9.97 Å². The molecule has 1 aromatic heterocycles. The zero-order valence-electron chi connectivity index (χ0n) is 14.7. The molecule has 0 N–H and O–H groups in total. The summed E-state index contributed by atoms with van der Waals surface area (Å²) in [4.78, 5) is 19.6. The van der Waals surface area contributed by atoms with Gasteiger partial charge in [0.05, 0.1) is 18.4 Å². The van der Waals surface area contributed by atoms with E-state index in [1.807, 2.05) is 0 Å². The highest BCUT2D eigenvalue weighted by molar-refractivity contribution is 9.10. The number of hydrogen-bond acceptors (Lipinski definition) is 6. The molecule has 1 heterocycles. The van der Waals surface area contributed by atoms with Crippen molar-refractivity contribution < 1.29 is 31.1 Å². The summed E-state index contributed by atoms with van der Waals surface area (Å²) in [5, 5.41) is 0. The van der Waals surface area contributed by atoms with E-state index in [1.165, 1.54) is 19.3 Å². The van der Waals surface area contributed by atoms with Gasteiger partial charge in [0, 0.05) is 23.4 Å². The van der Waals surface area contributed by atoms with Crippen molar-refractivity contribution in [1.29, 1.82) is 0 Å². The number of alkyl halides is 3. The summed E-state index contributed by atoms with van der Waals surface area (Å²) in [5.41, 5.74) is -1.38. The van der Waals surface area contributed by atoms with Gasteiger partial charge in [-0.2, -0.15) is 13.2 Å². The Morgan fingerprint density at radius 2 is 1.89 bits per heavy atom. The van der Waals surface area contributed by atoms with Crippen LogP contribution in [0.4, 0.5) is 19.0 Å². The van der Waals surface area contributed by atoms with Gasteiger partial charge >= 0.3 is 12.1 Å². The van der Waals surface area contributed by atoms with Crippen LogP contribution in [0.25, 0.3) is 0 Å². The van der Waals surface area contributed by atoms with Gasteiger partial charge < -0.3 is 4.74 Å². The molecule has 152 valence electrons. The highest BCUT2D eigenvalue weighted by atomic mass is 79.9. The molecule has 0 aliphatic heterocycles. The number of esters is 1. The van der Waals surface area contributed by atoms with Crippen LogP contribution in [0.1, 0.15) is 28.5 Å². The molecule has 0 amide bonds. The molecule has 0 saturated carbocycles. The van der Waals surface area contributed by atoms with E-state index in [-0.39, 0.29) is 28.1 Å². The molecule has 0 aliphatic carbocycles. The number of benzene rings is 1. The van der Waals surface area contributed by atoms with Crippen molar-refractivity contribution >= 4 is 37.7 Å². The normalized spacial score (nSPS) is 11.9. The summed E-state index contributed by atoms with van der Waals surface area (Å²) in [6.45, 7) is 1.37. The van der Waals surface area contributed by atoms with Crippen molar-refractivity contribution in [2.24, 2.45) is 0 Å². The number of carbonyl (C=O) groups excluding carboxylic acids is 1. The maximum Gasteiger partial charge on any atom is 0.416 e. The zero-order chi connectivity index (χ0) is 21.1. The fourth-order valence-electron chi connectivity index (χ4n) is 2.37. The third-order valence-corrected chi connectivity index (χ3v) is 6.18. The average molecular weight is 482 g/mol. The van der Waals surface area contributed by atoms with Crippen molar-refractivity contribution in [3.05, 3.63) is 51.9 Å². The molecule has 2 aromatic rings. The van der Waals surface area contributed by atoms with E-state index in [1.54, 1.807) is 0 Å². The lowest BCUT2D eigenvalue weighted by Gasteiger charge is -2.23. The number of hydrogen-bond donors (Lipinski definition) is 0. The number of carbonyl (C=O) groups is 1. The predicted octanol–water partition coefficient (Wildman–Crippen LogP) is 3.40. The topological polar surface area (TPSA) is 89.5 Å². The average Bonchev–Trinajstić information content (AvgIpc) is 2.62. The summed E-state index contributed by atoms with van der Waals surface area (Å²) in [6.07, 6.45) is -2.23. The molecule has 12 heteroatoms. The summed E-state index contributed by atoms with van der Waals surface area (Å²) in [5.74, 6) is -1.90. The number of anilines is 1. The Bertz CT molecular complexity index is 983. The molecule has 0 radical (unpaired) electrons. The van der Waals surface area contributed by atoms with E-state index in [9.17, 15) is 26.4 Å². The maximum atomic E-state index is 13.0. The van der Waals surface area contributed by atoms with Gasteiger partial charge in [0.1, 0.15) is 0 Å². The van der Waals surface area contributed by atoms with Gasteiger partial charge in [0.2, 0.25) is 10.0 Å². The largest absolute Gasteiger partial charge is 0.464 e. The van der Waals surface area contributed by atoms with Gasteiger partial charge in [-0.05, 0) is 30.7 Å². The summed E-state index contributed by atoms with van der Waals surface area (Å²) >= 11 is 3.07. The fraction of sp³-hybridized carbons (Fsp3) is 0.312. The molecule has 0 atom stereocenters. The van der Waals surface area contributed by atoms with Crippen molar-refractivity contribution in [3.8, 4) is 0 Å². The highest BCUT2D eigenvalue weighted by Gasteiger charge is 2.33. The van der Waals surface area contributed by atoms with Crippen LogP contribution in [0.3, 0.4) is 0 Å². The lowest BCUT2D eigenvalue weighted by atomic mass is 10.1. The van der Waals surface area contributed by atoms with Gasteiger partial charge in [0.25, 0.3) is 0 Å². The van der Waals surface area contributed by atoms with E-state index < -0.39 is 33.5 Å². The first-order valence-corrected chi connectivity index (χ1v) is 10.2. The Morgan fingerprint density at radius 3 is 2.46 bits per heavy atom. The Balaban J connectivity index is 2.48. The molecule has 7 nitrogen and oxygen atoms in total. The third kappa shape index (κ3) is 4.79. The van der Waals surface area contributed by atoms with Crippen LogP contribution < -0.4 is 4.31 Å². The smallest absolute Gasteiger partial charge is 0.416 e. The van der Waals surface area contributed by atoms with E-state index >= 15 is 0 Å². The van der Waals surface area contributed by atoms with Crippen LogP contribution in [-0.4, -0.2) is 38.0 Å². The number of halogens is 4. The fourth-order valence-corrected chi connectivity index (χ4v) is 4.52. The van der Waals surface area contributed by atoms with Crippen molar-refractivity contribution in [2.45, 2.75) is 18.9 Å². The molecule has 1 aromatic carbocycles. The molecule has 0 fully saturated rings. The van der Waals surface area contributed by atoms with Gasteiger partial charge in [-0.1, -0.05) is 15.9 Å². The number of ether oxygens (including phenoxy) is 1. The zero-order valence-corrected chi connectivity index (χ0v) is 17.1. The molecule has 0 aliphatic rings. The quantitative estimate of drug-likeness (QED) is 0.587. The first-order chi connectivity index (χ1) is 13.0. The monoisotopic (exact) mass is 481 g/mol. The molecule has 2 rings (SSSR count). The minimum absolute atomic E-state index is 0.0863. The van der Waals surface area contributed by atoms with Gasteiger partial charge in [-0.25, -0.2) is 23.2 Å². The first-order valence-electron chi connectivity index (χ1n) is 7.76. The van der Waals surface area contributed by atoms with E-state index in [0.29, 0.717) is 0 Å². The van der Waals surface area contributed by atoms with Crippen LogP contribution >= 0.6 is 15.9 Å². The third-order valence-electron chi connectivity index (χ3n) is 3.63. The second kappa shape index (κ2) is 8.43. The van der Waals surface area contributed by atoms with Gasteiger partial charge in [0.15, 0.2) is 11.5 Å². The van der Waals surface area contributed by atoms with Crippen LogP contribution in [0.15, 0.2) is 35.1 Å². The predicted molar refractivity (Wildman–Crippen MR) is 98.2 cm³/mol. The lowest BCUT2D eigenvalue weighted by molar-refractivity contribution is -0.137. The maximum absolute atomic E-state index is 13.0. The SMILES string of the molecule is CCN(c1nccnc1C(=O)OC)S(=O)(=O)Cc1cc(C(F)(F)F)ccc1Br. The lowest BCUT2D eigenvalue weighted by Crippen LogP contribution is -2.34. The first kappa shape index (κ1) is 22.1. The highest BCUT2D eigenvalue weighted by Crippen LogP contribution is 2.33. The molecule has 0 saturated heterocycles. The van der Waals surface area contributed by atoms with Crippen LogP contribution in [0.5, 0.6) is 0 Å². The minimum atomic E-state index is -4.62. The number of rotatable bonds is 6. The second-order valence-electron chi connectivity index (χ2n) is 5.45. The molecule has 0 spiro atoms. The van der Waals surface area contributed by atoms with Gasteiger partial charge in [-0.15, -0.1) is 0 Å². The summed E-state index contributed by atoms with van der Waals surface area (Å²) in [6, 6.07) is 2.73. The Hall–Kier alpha value is -2.21. The summed E-state index contributed by atoms with van der Waals surface area (Å²) in [7, 11) is -3.10. The molecular weight excluding hydrogens is 467 g/mol. The molecule has 0 unspecified atom stereocenters. The molecular formula is C16H15BrF3N3O4S. The number of methoxy groups -OCH3 is 1. The Morgan fingerprint density at radius 1 is 1.25 bits per heavy atom. The van der Waals surface area contributed by atoms with Crippen LogP contribution in [0.2, 0.25) is 0 Å². The van der Waals surface area contributed by atoms with E-state index in [0.717, 1.165) is 29.6 Å². The van der Waals surface area contributed by atoms with E-state index in [2.05, 4.69) is 30.6 Å². The minimum Gasteiger partial charge on any atom is -0.464 e. The second-order valence-corrected chi connectivity index (χ2v) is 8.19. The van der Waals surface area contributed by atoms with Crippen molar-refractivity contribution in [3.63, 3.8) is 0 Å². The van der Waals surface area contributed by atoms with Crippen LogP contribution in [0, 0.1) is 0 Å². The number of aromatic nitrogens is 2. The number of sulfonamides is 1. The van der Waals surface area contributed by atoms with Crippen molar-refractivity contribution in [2.75, 3.05) is 18.0 Å². The van der Waals surface area contributed by atoms with E-state index in [4.69, 9.17) is 0 Å². The Kier molecular flexibility index (Phi) is 6.65. The van der Waals surface area contributed by atoms with Crippen LogP contribution in [-0.2, 0) is 26.7 Å². The summed E-state index contributed by atoms with van der Waals surface area (Å²) < 4.78 is 70.3. The molecule has 0 bridgehead atoms. The standard InChI is InChI=1S/C16H15BrF3N3O4S/c1-3-23(14-13(15(24)27-2)21-6-7-22-14)28(25,26)9-10-8-11(16(18,19)20)4-5-12(10)17/h4-8H,3,9H2,1-2H3. The number of nitrogens with zero attached hydrogens (tertiary/aromatic N) is 3. The Labute approximate surface area is 167 Å². The van der Waals surface area contributed by atoms with Gasteiger partial charge in [-0.3, -0.25) is 4.31 Å². The molecule has 28 heavy (non-hydrogen) atoms.